The van der Waals surface area contributed by atoms with Gasteiger partial charge in [-0.05, 0) is 44.4 Å². The molecule has 144 valence electrons. The Morgan fingerprint density at radius 1 is 1.23 bits per heavy atom. The number of sulfonamides is 1. The second-order valence-electron chi connectivity index (χ2n) is 5.99. The zero-order valence-corrected chi connectivity index (χ0v) is 16.1. The van der Waals surface area contributed by atoms with Crippen LogP contribution in [0.25, 0.3) is 0 Å². The number of aromatic nitrogens is 2. The van der Waals surface area contributed by atoms with Gasteiger partial charge in [-0.3, -0.25) is 4.68 Å². The van der Waals surface area contributed by atoms with Crippen molar-refractivity contribution < 1.29 is 21.6 Å². The molecule has 0 unspecified atom stereocenters. The van der Waals surface area contributed by atoms with Gasteiger partial charge in [-0.1, -0.05) is 23.7 Å². The highest BCUT2D eigenvalue weighted by Crippen LogP contribution is 2.35. The lowest BCUT2D eigenvalue weighted by Gasteiger charge is -2.10. The smallest absolute Gasteiger partial charge is 0.268 e. The summed E-state index contributed by atoms with van der Waals surface area (Å²) in [6.07, 6.45) is -4.36. The molecule has 0 bridgehead atoms. The molecule has 1 aromatic carbocycles. The molecule has 1 heterocycles. The SMILES string of the molecule is Cc1ccc(C)c(S(=O)(=O)NCCCn2nc(C(F)(F)F)c(Cl)c2C)c1. The van der Waals surface area contributed by atoms with Crippen LogP contribution in [0.4, 0.5) is 13.2 Å². The van der Waals surface area contributed by atoms with Gasteiger partial charge in [-0.2, -0.15) is 18.3 Å². The maximum Gasteiger partial charge on any atom is 0.436 e. The number of rotatable bonds is 6. The highest BCUT2D eigenvalue weighted by molar-refractivity contribution is 7.89. The lowest BCUT2D eigenvalue weighted by atomic mass is 10.2. The number of aryl methyl sites for hydroxylation is 3. The Morgan fingerprint density at radius 3 is 2.46 bits per heavy atom. The molecular weight excluding hydrogens is 391 g/mol. The van der Waals surface area contributed by atoms with E-state index in [9.17, 15) is 21.6 Å². The first-order valence-corrected chi connectivity index (χ1v) is 9.66. The molecule has 0 saturated heterocycles. The molecule has 0 aliphatic heterocycles. The molecule has 0 aliphatic carbocycles. The molecular formula is C16H19ClF3N3O2S. The summed E-state index contributed by atoms with van der Waals surface area (Å²) >= 11 is 5.68. The van der Waals surface area contributed by atoms with E-state index in [1.807, 2.05) is 6.07 Å². The Bertz CT molecular complexity index is 908. The first-order chi connectivity index (χ1) is 11.9. The zero-order valence-electron chi connectivity index (χ0n) is 14.5. The van der Waals surface area contributed by atoms with Crippen molar-refractivity contribution in [1.82, 2.24) is 14.5 Å². The third-order valence-electron chi connectivity index (χ3n) is 3.87. The van der Waals surface area contributed by atoms with Gasteiger partial charge in [0.05, 0.1) is 15.6 Å². The molecule has 1 aromatic heterocycles. The Morgan fingerprint density at radius 2 is 1.88 bits per heavy atom. The molecule has 2 rings (SSSR count). The molecule has 5 nitrogen and oxygen atoms in total. The van der Waals surface area contributed by atoms with Crippen LogP contribution in [0.2, 0.25) is 5.02 Å². The fourth-order valence-corrected chi connectivity index (χ4v) is 4.08. The van der Waals surface area contributed by atoms with Gasteiger partial charge in [-0.25, -0.2) is 13.1 Å². The summed E-state index contributed by atoms with van der Waals surface area (Å²) in [6, 6.07) is 5.11. The van der Waals surface area contributed by atoms with Gasteiger partial charge in [0, 0.05) is 13.1 Å². The van der Waals surface area contributed by atoms with E-state index < -0.39 is 26.9 Å². The van der Waals surface area contributed by atoms with Crippen molar-refractivity contribution in [3.8, 4) is 0 Å². The fraction of sp³-hybridized carbons (Fsp3) is 0.438. The minimum absolute atomic E-state index is 0.0635. The summed E-state index contributed by atoms with van der Waals surface area (Å²) in [4.78, 5) is 0.190. The summed E-state index contributed by atoms with van der Waals surface area (Å²) in [7, 11) is -3.69. The van der Waals surface area contributed by atoms with Gasteiger partial charge in [0.2, 0.25) is 10.0 Å². The molecule has 0 spiro atoms. The third-order valence-corrected chi connectivity index (χ3v) is 5.93. The first kappa shape index (κ1) is 20.7. The van der Waals surface area contributed by atoms with Crippen LogP contribution in [0.5, 0.6) is 0 Å². The summed E-state index contributed by atoms with van der Waals surface area (Å²) in [5.74, 6) is 0. The Labute approximate surface area is 155 Å². The highest BCUT2D eigenvalue weighted by atomic mass is 35.5. The standard InChI is InChI=1S/C16H19ClF3N3O2S/c1-10-5-6-11(2)13(9-10)26(24,25)21-7-4-8-23-12(3)14(17)15(22-23)16(18,19)20/h5-6,9,21H,4,7-8H2,1-3H3. The van der Waals surface area contributed by atoms with Crippen molar-refractivity contribution in [3.63, 3.8) is 0 Å². The zero-order chi connectivity index (χ0) is 19.7. The summed E-state index contributed by atoms with van der Waals surface area (Å²) in [5, 5.41) is 3.04. The summed E-state index contributed by atoms with van der Waals surface area (Å²) < 4.78 is 66.7. The third kappa shape index (κ3) is 4.57. The molecule has 0 amide bonds. The van der Waals surface area contributed by atoms with E-state index in [0.29, 0.717) is 5.56 Å². The molecule has 0 aliphatic rings. The quantitative estimate of drug-likeness (QED) is 0.737. The number of nitrogens with zero attached hydrogens (tertiary/aromatic N) is 2. The van der Waals surface area contributed by atoms with Gasteiger partial charge in [0.15, 0.2) is 5.69 Å². The monoisotopic (exact) mass is 409 g/mol. The number of hydrogen-bond acceptors (Lipinski definition) is 3. The van der Waals surface area contributed by atoms with Crippen molar-refractivity contribution in [2.75, 3.05) is 6.54 Å². The van der Waals surface area contributed by atoms with Gasteiger partial charge < -0.3 is 0 Å². The topological polar surface area (TPSA) is 64.0 Å². The molecule has 10 heteroatoms. The maximum absolute atomic E-state index is 12.8. The van der Waals surface area contributed by atoms with Crippen LogP contribution in [0.1, 0.15) is 28.9 Å². The molecule has 2 aromatic rings. The average Bonchev–Trinajstić information content (AvgIpc) is 2.82. The number of nitrogens with one attached hydrogen (secondary N) is 1. The number of hydrogen-bond donors (Lipinski definition) is 1. The largest absolute Gasteiger partial charge is 0.436 e. The van der Waals surface area contributed by atoms with Crippen LogP contribution in [0.3, 0.4) is 0 Å². The fourth-order valence-electron chi connectivity index (χ4n) is 2.43. The Kier molecular flexibility index (Phi) is 6.04. The second kappa shape index (κ2) is 7.58. The summed E-state index contributed by atoms with van der Waals surface area (Å²) in [5.41, 5.74) is 0.495. The lowest BCUT2D eigenvalue weighted by Crippen LogP contribution is -2.26. The van der Waals surface area contributed by atoms with Crippen LogP contribution in [0, 0.1) is 20.8 Å². The van der Waals surface area contributed by atoms with E-state index in [-0.39, 0.29) is 30.1 Å². The van der Waals surface area contributed by atoms with Crippen LogP contribution >= 0.6 is 11.6 Å². The lowest BCUT2D eigenvalue weighted by molar-refractivity contribution is -0.141. The predicted molar refractivity (Wildman–Crippen MR) is 92.7 cm³/mol. The van der Waals surface area contributed by atoms with Crippen LogP contribution in [-0.4, -0.2) is 24.7 Å². The molecule has 1 N–H and O–H groups in total. The van der Waals surface area contributed by atoms with Crippen LogP contribution in [0.15, 0.2) is 23.1 Å². The Hall–Kier alpha value is -1.58. The van der Waals surface area contributed by atoms with Crippen LogP contribution in [-0.2, 0) is 22.7 Å². The Balaban J connectivity index is 2.02. The van der Waals surface area contributed by atoms with E-state index in [2.05, 4.69) is 9.82 Å². The maximum atomic E-state index is 12.8. The minimum atomic E-state index is -4.63. The average molecular weight is 410 g/mol. The summed E-state index contributed by atoms with van der Waals surface area (Å²) in [6.45, 7) is 5.10. The molecule has 0 atom stereocenters. The van der Waals surface area contributed by atoms with E-state index in [1.165, 1.54) is 6.92 Å². The number of halogens is 4. The minimum Gasteiger partial charge on any atom is -0.268 e. The molecule has 26 heavy (non-hydrogen) atoms. The van der Waals surface area contributed by atoms with E-state index >= 15 is 0 Å². The number of alkyl halides is 3. The number of benzene rings is 1. The van der Waals surface area contributed by atoms with Crippen molar-refractivity contribution in [2.24, 2.45) is 0 Å². The van der Waals surface area contributed by atoms with Gasteiger partial charge in [-0.15, -0.1) is 0 Å². The van der Waals surface area contributed by atoms with Gasteiger partial charge in [0.1, 0.15) is 0 Å². The van der Waals surface area contributed by atoms with Crippen molar-refractivity contribution in [2.45, 2.75) is 44.8 Å². The first-order valence-electron chi connectivity index (χ1n) is 7.80. The van der Waals surface area contributed by atoms with Gasteiger partial charge >= 0.3 is 6.18 Å². The predicted octanol–water partition coefficient (Wildman–Crippen LogP) is 3.85. The normalized spacial score (nSPS) is 12.6. The van der Waals surface area contributed by atoms with Crippen molar-refractivity contribution in [3.05, 3.63) is 45.7 Å². The van der Waals surface area contributed by atoms with E-state index in [0.717, 1.165) is 10.2 Å². The van der Waals surface area contributed by atoms with Crippen molar-refractivity contribution in [1.29, 1.82) is 0 Å². The van der Waals surface area contributed by atoms with Gasteiger partial charge in [0.25, 0.3) is 0 Å². The highest BCUT2D eigenvalue weighted by Gasteiger charge is 2.38. The van der Waals surface area contributed by atoms with E-state index in [1.54, 1.807) is 26.0 Å². The van der Waals surface area contributed by atoms with E-state index in [4.69, 9.17) is 11.6 Å². The van der Waals surface area contributed by atoms with Crippen molar-refractivity contribution >= 4 is 21.6 Å². The molecule has 0 radical (unpaired) electrons. The molecule has 0 saturated carbocycles. The molecule has 0 fully saturated rings. The van der Waals surface area contributed by atoms with Crippen LogP contribution < -0.4 is 4.72 Å². The second-order valence-corrected chi connectivity index (χ2v) is 8.10.